The van der Waals surface area contributed by atoms with Gasteiger partial charge in [-0.05, 0) is 52.9 Å². The number of para-hydroxylation sites is 1. The van der Waals surface area contributed by atoms with Crippen LogP contribution >= 0.6 is 33.9 Å². The van der Waals surface area contributed by atoms with E-state index in [0.29, 0.717) is 22.1 Å². The van der Waals surface area contributed by atoms with E-state index in [1.165, 1.54) is 11.3 Å². The Bertz CT molecular complexity index is 1020. The molecule has 0 saturated carbocycles. The maximum atomic E-state index is 9.53. The van der Waals surface area contributed by atoms with Crippen molar-refractivity contribution in [2.24, 2.45) is 0 Å². The van der Waals surface area contributed by atoms with Gasteiger partial charge in [-0.1, -0.05) is 12.1 Å². The highest BCUT2D eigenvalue weighted by molar-refractivity contribution is 14.1. The second-order valence-electron chi connectivity index (χ2n) is 5.40. The normalized spacial score (nSPS) is 11.0. The molecule has 0 radical (unpaired) electrons. The molecule has 1 aromatic heterocycles. The first-order valence-corrected chi connectivity index (χ1v) is 9.91. The van der Waals surface area contributed by atoms with E-state index in [-0.39, 0.29) is 0 Å². The Labute approximate surface area is 175 Å². The Morgan fingerprint density at radius 2 is 1.96 bits per heavy atom. The van der Waals surface area contributed by atoms with Gasteiger partial charge in [0.25, 0.3) is 0 Å². The van der Waals surface area contributed by atoms with Crippen LogP contribution < -0.4 is 14.8 Å². The molecule has 0 aliphatic heterocycles. The maximum Gasteiger partial charge on any atom is 0.161 e. The van der Waals surface area contributed by atoms with Crippen LogP contribution in [0.2, 0.25) is 0 Å². The van der Waals surface area contributed by atoms with E-state index >= 15 is 0 Å². The SMILES string of the molecule is COc1ccc(-c2csc(/C(C#N)=C/Nc3ccccc3I)n2)cc1OC. The van der Waals surface area contributed by atoms with Gasteiger partial charge in [0.1, 0.15) is 16.6 Å². The van der Waals surface area contributed by atoms with Crippen LogP contribution in [0.15, 0.2) is 54.0 Å². The zero-order chi connectivity index (χ0) is 19.2. The van der Waals surface area contributed by atoms with Crippen molar-refractivity contribution in [2.75, 3.05) is 19.5 Å². The molecule has 3 aromatic rings. The van der Waals surface area contributed by atoms with Crippen LogP contribution in [0.3, 0.4) is 0 Å². The molecule has 0 spiro atoms. The molecular formula is C20H16IN3O2S. The van der Waals surface area contributed by atoms with Gasteiger partial charge in [-0.25, -0.2) is 4.98 Å². The number of hydrogen-bond acceptors (Lipinski definition) is 6. The third-order valence-corrected chi connectivity index (χ3v) is 5.60. The van der Waals surface area contributed by atoms with E-state index in [1.54, 1.807) is 20.4 Å². The van der Waals surface area contributed by atoms with Gasteiger partial charge >= 0.3 is 0 Å². The molecule has 3 rings (SSSR count). The maximum absolute atomic E-state index is 9.53. The van der Waals surface area contributed by atoms with Gasteiger partial charge in [0.2, 0.25) is 0 Å². The highest BCUT2D eigenvalue weighted by Crippen LogP contribution is 2.33. The molecule has 2 aromatic carbocycles. The number of benzene rings is 2. The van der Waals surface area contributed by atoms with Crippen molar-refractivity contribution in [2.45, 2.75) is 0 Å². The van der Waals surface area contributed by atoms with E-state index in [0.717, 1.165) is 20.5 Å². The summed E-state index contributed by atoms with van der Waals surface area (Å²) < 4.78 is 11.7. The summed E-state index contributed by atoms with van der Waals surface area (Å²) in [6, 6.07) is 15.7. The minimum Gasteiger partial charge on any atom is -0.493 e. The molecule has 5 nitrogen and oxygen atoms in total. The zero-order valence-corrected chi connectivity index (χ0v) is 17.7. The van der Waals surface area contributed by atoms with Crippen LogP contribution in [0, 0.1) is 14.9 Å². The molecule has 0 aliphatic carbocycles. The predicted octanol–water partition coefficient (Wildman–Crippen LogP) is 5.41. The number of methoxy groups -OCH3 is 2. The van der Waals surface area contributed by atoms with Crippen LogP contribution in [-0.4, -0.2) is 19.2 Å². The summed E-state index contributed by atoms with van der Waals surface area (Å²) in [5.41, 5.74) is 3.11. The standard InChI is InChI=1S/C20H16IN3O2S/c1-25-18-8-7-13(9-19(18)26-2)17-12-27-20(24-17)14(10-22)11-23-16-6-4-3-5-15(16)21/h3-9,11-12,23H,1-2H3/b14-11+. The number of thiazole rings is 1. The predicted molar refractivity (Wildman–Crippen MR) is 117 cm³/mol. The minimum atomic E-state index is 0.478. The van der Waals surface area contributed by atoms with Crippen LogP contribution in [0.1, 0.15) is 5.01 Å². The fourth-order valence-electron chi connectivity index (χ4n) is 2.40. The number of anilines is 1. The first-order valence-electron chi connectivity index (χ1n) is 7.96. The molecule has 0 unspecified atom stereocenters. The van der Waals surface area contributed by atoms with Crippen molar-refractivity contribution in [3.05, 3.63) is 62.6 Å². The van der Waals surface area contributed by atoms with E-state index < -0.39 is 0 Å². The van der Waals surface area contributed by atoms with Gasteiger partial charge in [0, 0.05) is 20.7 Å². The fourth-order valence-corrected chi connectivity index (χ4v) is 3.73. The summed E-state index contributed by atoms with van der Waals surface area (Å²) >= 11 is 3.67. The van der Waals surface area contributed by atoms with E-state index in [1.807, 2.05) is 47.8 Å². The van der Waals surface area contributed by atoms with Crippen molar-refractivity contribution in [3.63, 3.8) is 0 Å². The molecule has 136 valence electrons. The third-order valence-electron chi connectivity index (χ3n) is 3.78. The first kappa shape index (κ1) is 19.2. The average Bonchev–Trinajstić information content (AvgIpc) is 3.19. The average molecular weight is 489 g/mol. The van der Waals surface area contributed by atoms with E-state index in [9.17, 15) is 5.26 Å². The first-order chi connectivity index (χ1) is 13.2. The van der Waals surface area contributed by atoms with Crippen LogP contribution in [-0.2, 0) is 0 Å². The summed E-state index contributed by atoms with van der Waals surface area (Å²) in [6.45, 7) is 0. The quantitative estimate of drug-likeness (QED) is 0.371. The molecule has 0 amide bonds. The summed E-state index contributed by atoms with van der Waals surface area (Å²) in [5.74, 6) is 1.30. The second-order valence-corrected chi connectivity index (χ2v) is 7.42. The van der Waals surface area contributed by atoms with E-state index in [4.69, 9.17) is 9.47 Å². The number of rotatable bonds is 6. The minimum absolute atomic E-state index is 0.478. The van der Waals surface area contributed by atoms with Crippen molar-refractivity contribution in [3.8, 4) is 28.8 Å². The smallest absolute Gasteiger partial charge is 0.161 e. The lowest BCUT2D eigenvalue weighted by Gasteiger charge is -2.08. The lowest BCUT2D eigenvalue weighted by atomic mass is 10.1. The third kappa shape index (κ3) is 4.40. The van der Waals surface area contributed by atoms with Crippen LogP contribution in [0.25, 0.3) is 16.8 Å². The number of ether oxygens (including phenoxy) is 2. The number of nitriles is 1. The van der Waals surface area contributed by atoms with Crippen LogP contribution in [0.5, 0.6) is 11.5 Å². The van der Waals surface area contributed by atoms with Crippen molar-refractivity contribution >= 4 is 45.2 Å². The van der Waals surface area contributed by atoms with E-state index in [2.05, 4.69) is 39.0 Å². The molecule has 0 atom stereocenters. The second kappa shape index (κ2) is 8.88. The number of nitrogens with one attached hydrogen (secondary N) is 1. The summed E-state index contributed by atoms with van der Waals surface area (Å²) in [6.07, 6.45) is 1.69. The Kier molecular flexibility index (Phi) is 6.32. The highest BCUT2D eigenvalue weighted by atomic mass is 127. The molecular weight excluding hydrogens is 473 g/mol. The number of halogens is 1. The van der Waals surface area contributed by atoms with Gasteiger partial charge < -0.3 is 14.8 Å². The van der Waals surface area contributed by atoms with Gasteiger partial charge in [-0.2, -0.15) is 5.26 Å². The molecule has 1 heterocycles. The molecule has 0 bridgehead atoms. The lowest BCUT2D eigenvalue weighted by Crippen LogP contribution is -1.93. The molecule has 0 aliphatic rings. The van der Waals surface area contributed by atoms with Crippen molar-refractivity contribution in [1.29, 1.82) is 5.26 Å². The van der Waals surface area contributed by atoms with Crippen molar-refractivity contribution in [1.82, 2.24) is 4.98 Å². The van der Waals surface area contributed by atoms with Gasteiger partial charge in [-0.3, -0.25) is 0 Å². The summed E-state index contributed by atoms with van der Waals surface area (Å²) in [7, 11) is 3.20. The largest absolute Gasteiger partial charge is 0.493 e. The van der Waals surface area contributed by atoms with Crippen molar-refractivity contribution < 1.29 is 9.47 Å². The fraction of sp³-hybridized carbons (Fsp3) is 0.100. The number of aromatic nitrogens is 1. The molecule has 7 heteroatoms. The topological polar surface area (TPSA) is 67.2 Å². The summed E-state index contributed by atoms with van der Waals surface area (Å²) in [5, 5.41) is 15.3. The number of allylic oxidation sites excluding steroid dienone is 1. The number of nitrogens with zero attached hydrogens (tertiary/aromatic N) is 2. The zero-order valence-electron chi connectivity index (χ0n) is 14.7. The summed E-state index contributed by atoms with van der Waals surface area (Å²) in [4.78, 5) is 4.61. The highest BCUT2D eigenvalue weighted by Gasteiger charge is 2.12. The Morgan fingerprint density at radius 3 is 2.67 bits per heavy atom. The molecule has 0 fully saturated rings. The Balaban J connectivity index is 1.86. The Morgan fingerprint density at radius 1 is 1.19 bits per heavy atom. The van der Waals surface area contributed by atoms with Crippen LogP contribution in [0.4, 0.5) is 5.69 Å². The monoisotopic (exact) mass is 489 g/mol. The molecule has 1 N–H and O–H groups in total. The van der Waals surface area contributed by atoms with Gasteiger partial charge in [0.15, 0.2) is 11.5 Å². The van der Waals surface area contributed by atoms with Gasteiger partial charge in [-0.15, -0.1) is 11.3 Å². The lowest BCUT2D eigenvalue weighted by molar-refractivity contribution is 0.355. The molecule has 27 heavy (non-hydrogen) atoms. The Hall–Kier alpha value is -2.57. The van der Waals surface area contributed by atoms with Gasteiger partial charge in [0.05, 0.1) is 25.6 Å². The number of hydrogen-bond donors (Lipinski definition) is 1. The molecule has 0 saturated heterocycles.